The van der Waals surface area contributed by atoms with Crippen LogP contribution in [0.1, 0.15) is 6.42 Å². The van der Waals surface area contributed by atoms with Gasteiger partial charge in [0.05, 0.1) is 11.7 Å². The summed E-state index contributed by atoms with van der Waals surface area (Å²) < 4.78 is 1.61. The van der Waals surface area contributed by atoms with E-state index in [0.29, 0.717) is 18.5 Å². The highest BCUT2D eigenvalue weighted by Crippen LogP contribution is 2.13. The molecule has 0 aromatic carbocycles. The Kier molecular flexibility index (Phi) is 2.60. The van der Waals surface area contributed by atoms with Crippen LogP contribution in [0.5, 0.6) is 0 Å². The van der Waals surface area contributed by atoms with Crippen molar-refractivity contribution in [3.8, 4) is 0 Å². The van der Waals surface area contributed by atoms with E-state index in [-0.39, 0.29) is 5.56 Å². The molecule has 0 aliphatic carbocycles. The first-order valence-corrected chi connectivity index (χ1v) is 5.33. The topological polar surface area (TPSA) is 60.9 Å². The van der Waals surface area contributed by atoms with E-state index in [0.717, 1.165) is 11.3 Å². The minimum absolute atomic E-state index is 0.0321. The second kappa shape index (κ2) is 3.89. The lowest BCUT2D eigenvalue weighted by atomic mass is 10.4. The first-order valence-electron chi connectivity index (χ1n) is 4.45. The van der Waals surface area contributed by atoms with Crippen molar-refractivity contribution in [3.63, 3.8) is 0 Å². The minimum Gasteiger partial charge on any atom is -0.330 e. The molecule has 2 rings (SSSR count). The van der Waals surface area contributed by atoms with Gasteiger partial charge in [0.1, 0.15) is 4.83 Å². The van der Waals surface area contributed by atoms with Crippen LogP contribution in [0.3, 0.4) is 0 Å². The zero-order valence-electron chi connectivity index (χ0n) is 7.64. The average molecular weight is 209 g/mol. The number of rotatable bonds is 3. The summed E-state index contributed by atoms with van der Waals surface area (Å²) in [5.41, 5.74) is 5.42. The predicted molar refractivity (Wildman–Crippen MR) is 57.6 cm³/mol. The summed E-state index contributed by atoms with van der Waals surface area (Å²) in [5, 5.41) is 2.58. The number of aromatic nitrogens is 2. The Morgan fingerprint density at radius 1 is 1.57 bits per heavy atom. The van der Waals surface area contributed by atoms with Gasteiger partial charge >= 0.3 is 0 Å². The van der Waals surface area contributed by atoms with Crippen LogP contribution in [-0.4, -0.2) is 16.1 Å². The third-order valence-corrected chi connectivity index (χ3v) is 2.87. The monoisotopic (exact) mass is 209 g/mol. The summed E-state index contributed by atoms with van der Waals surface area (Å²) in [6, 6.07) is 1.81. The fourth-order valence-corrected chi connectivity index (χ4v) is 2.04. The first kappa shape index (κ1) is 9.36. The number of nitrogens with two attached hydrogens (primary N) is 1. The lowest BCUT2D eigenvalue weighted by molar-refractivity contribution is 0.625. The van der Waals surface area contributed by atoms with Gasteiger partial charge < -0.3 is 5.73 Å². The lowest BCUT2D eigenvalue weighted by Gasteiger charge is -2.02. The summed E-state index contributed by atoms with van der Waals surface area (Å²) in [6.07, 6.45) is 2.40. The van der Waals surface area contributed by atoms with Crippen LogP contribution in [0.15, 0.2) is 22.6 Å². The van der Waals surface area contributed by atoms with Crippen molar-refractivity contribution in [2.45, 2.75) is 13.0 Å². The molecule has 0 aliphatic rings. The van der Waals surface area contributed by atoms with Crippen molar-refractivity contribution in [3.05, 3.63) is 28.1 Å². The van der Waals surface area contributed by atoms with E-state index >= 15 is 0 Å². The Hall–Kier alpha value is -1.20. The molecule has 0 amide bonds. The first-order chi connectivity index (χ1) is 6.83. The van der Waals surface area contributed by atoms with Gasteiger partial charge in [0.15, 0.2) is 0 Å². The normalized spacial score (nSPS) is 10.9. The van der Waals surface area contributed by atoms with E-state index in [1.54, 1.807) is 10.9 Å². The van der Waals surface area contributed by atoms with E-state index in [4.69, 9.17) is 5.73 Å². The Morgan fingerprint density at radius 2 is 2.43 bits per heavy atom. The zero-order chi connectivity index (χ0) is 9.97. The van der Waals surface area contributed by atoms with Crippen LogP contribution in [0.2, 0.25) is 0 Å². The Morgan fingerprint density at radius 3 is 3.21 bits per heavy atom. The highest BCUT2D eigenvalue weighted by molar-refractivity contribution is 7.16. The molecule has 4 nitrogen and oxygen atoms in total. The molecule has 2 aromatic rings. The highest BCUT2D eigenvalue weighted by atomic mass is 32.1. The van der Waals surface area contributed by atoms with Crippen LogP contribution >= 0.6 is 11.3 Å². The summed E-state index contributed by atoms with van der Waals surface area (Å²) in [5.74, 6) is 0. The van der Waals surface area contributed by atoms with Crippen LogP contribution in [-0.2, 0) is 6.54 Å². The number of fused-ring (bicyclic) bond motifs is 1. The van der Waals surface area contributed by atoms with Crippen molar-refractivity contribution in [2.75, 3.05) is 6.54 Å². The van der Waals surface area contributed by atoms with E-state index in [9.17, 15) is 4.79 Å². The van der Waals surface area contributed by atoms with Gasteiger partial charge in [0.2, 0.25) is 0 Å². The number of nitrogens with zero attached hydrogens (tertiary/aromatic N) is 2. The molecule has 0 bridgehead atoms. The number of hydrogen-bond acceptors (Lipinski definition) is 4. The number of thiophene rings is 1. The molecular formula is C9H11N3OS. The largest absolute Gasteiger partial charge is 0.330 e. The zero-order valence-corrected chi connectivity index (χ0v) is 8.46. The molecular weight excluding hydrogens is 198 g/mol. The maximum Gasteiger partial charge on any atom is 0.262 e. The maximum atomic E-state index is 11.8. The standard InChI is InChI=1S/C9H11N3OS/c10-3-1-4-12-6-11-8-7(9(12)13)2-5-14-8/h2,5-6H,1,3-4,10H2. The molecule has 0 atom stereocenters. The van der Waals surface area contributed by atoms with Crippen molar-refractivity contribution in [1.82, 2.24) is 9.55 Å². The van der Waals surface area contributed by atoms with E-state index < -0.39 is 0 Å². The number of hydrogen-bond donors (Lipinski definition) is 1. The van der Waals surface area contributed by atoms with Gasteiger partial charge in [-0.05, 0) is 24.4 Å². The van der Waals surface area contributed by atoms with Gasteiger partial charge in [-0.1, -0.05) is 0 Å². The molecule has 0 fully saturated rings. The van der Waals surface area contributed by atoms with Crippen LogP contribution < -0.4 is 11.3 Å². The molecule has 0 unspecified atom stereocenters. The van der Waals surface area contributed by atoms with Gasteiger partial charge in [-0.2, -0.15) is 0 Å². The third-order valence-electron chi connectivity index (χ3n) is 2.05. The quantitative estimate of drug-likeness (QED) is 0.813. The van der Waals surface area contributed by atoms with E-state index in [2.05, 4.69) is 4.98 Å². The SMILES string of the molecule is NCCCn1cnc2sccc2c1=O. The molecule has 0 aliphatic heterocycles. The third kappa shape index (κ3) is 1.56. The second-order valence-electron chi connectivity index (χ2n) is 3.02. The van der Waals surface area contributed by atoms with E-state index in [1.807, 2.05) is 11.4 Å². The Bertz CT molecular complexity index is 488. The van der Waals surface area contributed by atoms with Crippen molar-refractivity contribution in [1.29, 1.82) is 0 Å². The Balaban J connectivity index is 2.46. The second-order valence-corrected chi connectivity index (χ2v) is 3.92. The fraction of sp³-hybridized carbons (Fsp3) is 0.333. The fourth-order valence-electron chi connectivity index (χ4n) is 1.31. The predicted octanol–water partition coefficient (Wildman–Crippen LogP) is 0.807. The smallest absolute Gasteiger partial charge is 0.262 e. The number of aryl methyl sites for hydroxylation is 1. The molecule has 2 N–H and O–H groups in total. The summed E-state index contributed by atoms with van der Waals surface area (Å²) >= 11 is 1.48. The van der Waals surface area contributed by atoms with Crippen molar-refractivity contribution >= 4 is 21.6 Å². The maximum absolute atomic E-state index is 11.8. The van der Waals surface area contributed by atoms with Gasteiger partial charge in [-0.15, -0.1) is 11.3 Å². The van der Waals surface area contributed by atoms with Gasteiger partial charge in [0.25, 0.3) is 5.56 Å². The van der Waals surface area contributed by atoms with Crippen LogP contribution in [0.25, 0.3) is 10.2 Å². The molecule has 0 saturated heterocycles. The molecule has 0 saturated carbocycles. The lowest BCUT2D eigenvalue weighted by Crippen LogP contribution is -2.21. The van der Waals surface area contributed by atoms with Crippen LogP contribution in [0.4, 0.5) is 0 Å². The van der Waals surface area contributed by atoms with Crippen molar-refractivity contribution < 1.29 is 0 Å². The van der Waals surface area contributed by atoms with Gasteiger partial charge in [-0.3, -0.25) is 9.36 Å². The average Bonchev–Trinajstić information content (AvgIpc) is 2.66. The molecule has 0 radical (unpaired) electrons. The molecule has 2 heterocycles. The van der Waals surface area contributed by atoms with Crippen molar-refractivity contribution in [2.24, 2.45) is 5.73 Å². The molecule has 5 heteroatoms. The summed E-state index contributed by atoms with van der Waals surface area (Å²) in [6.45, 7) is 1.24. The van der Waals surface area contributed by atoms with Crippen LogP contribution in [0, 0.1) is 0 Å². The molecule has 2 aromatic heterocycles. The molecule has 14 heavy (non-hydrogen) atoms. The Labute approximate surface area is 85.0 Å². The van der Waals surface area contributed by atoms with Gasteiger partial charge in [-0.25, -0.2) is 4.98 Å². The summed E-state index contributed by atoms with van der Waals surface area (Å²) in [7, 11) is 0. The molecule has 0 spiro atoms. The van der Waals surface area contributed by atoms with Gasteiger partial charge in [0, 0.05) is 6.54 Å². The minimum atomic E-state index is 0.0321. The van der Waals surface area contributed by atoms with E-state index in [1.165, 1.54) is 11.3 Å². The highest BCUT2D eigenvalue weighted by Gasteiger charge is 2.03. The summed E-state index contributed by atoms with van der Waals surface area (Å²) in [4.78, 5) is 16.8. The molecule has 74 valence electrons.